The number of ether oxygens (including phenoxy) is 1. The fraction of sp³-hybridized carbons (Fsp3) is 0.333. The standard InChI is InChI=1S/C15H17NO3/c1-4-6-12-13(9(2)17)10-7-5-8-11(14(10)16-12)15(18)19-3/h5,7-8,16H,4,6H2,1-3H3. The Hall–Kier alpha value is -2.10. The summed E-state index contributed by atoms with van der Waals surface area (Å²) < 4.78 is 4.77. The SMILES string of the molecule is CCCc1[nH]c2c(C(=O)OC)cccc2c1C(C)=O. The molecule has 1 heterocycles. The van der Waals surface area contributed by atoms with Gasteiger partial charge in [0, 0.05) is 16.6 Å². The van der Waals surface area contributed by atoms with Crippen LogP contribution in [-0.2, 0) is 11.2 Å². The van der Waals surface area contributed by atoms with Crippen LogP contribution >= 0.6 is 0 Å². The Morgan fingerprint density at radius 2 is 2.05 bits per heavy atom. The van der Waals surface area contributed by atoms with Crippen LogP contribution in [-0.4, -0.2) is 23.8 Å². The largest absolute Gasteiger partial charge is 0.465 e. The van der Waals surface area contributed by atoms with Crippen molar-refractivity contribution in [3.63, 3.8) is 0 Å². The Balaban J connectivity index is 2.74. The summed E-state index contributed by atoms with van der Waals surface area (Å²) in [4.78, 5) is 26.8. The molecule has 0 radical (unpaired) electrons. The Bertz CT molecular complexity index is 640. The summed E-state index contributed by atoms with van der Waals surface area (Å²) in [5.74, 6) is -0.387. The number of carbonyl (C=O) groups is 2. The number of nitrogens with one attached hydrogen (secondary N) is 1. The van der Waals surface area contributed by atoms with Gasteiger partial charge < -0.3 is 9.72 Å². The predicted molar refractivity (Wildman–Crippen MR) is 73.6 cm³/mol. The Morgan fingerprint density at radius 3 is 2.63 bits per heavy atom. The van der Waals surface area contributed by atoms with Crippen LogP contribution in [0.5, 0.6) is 0 Å². The number of esters is 1. The third-order valence-corrected chi connectivity index (χ3v) is 3.17. The maximum absolute atomic E-state index is 11.8. The lowest BCUT2D eigenvalue weighted by atomic mass is 10.0. The average molecular weight is 259 g/mol. The molecule has 0 atom stereocenters. The summed E-state index contributed by atoms with van der Waals surface area (Å²) in [5.41, 5.74) is 2.72. The van der Waals surface area contributed by atoms with Crippen LogP contribution in [0.15, 0.2) is 18.2 Å². The number of fused-ring (bicyclic) bond motifs is 1. The molecule has 0 aliphatic carbocycles. The fourth-order valence-corrected chi connectivity index (χ4v) is 2.39. The van der Waals surface area contributed by atoms with Crippen LogP contribution in [0.4, 0.5) is 0 Å². The first-order valence-corrected chi connectivity index (χ1v) is 6.33. The van der Waals surface area contributed by atoms with E-state index in [1.807, 2.05) is 6.07 Å². The van der Waals surface area contributed by atoms with E-state index in [4.69, 9.17) is 4.74 Å². The van der Waals surface area contributed by atoms with E-state index in [0.717, 1.165) is 23.9 Å². The van der Waals surface area contributed by atoms with Gasteiger partial charge in [-0.15, -0.1) is 0 Å². The molecule has 0 aliphatic rings. The average Bonchev–Trinajstić information content (AvgIpc) is 2.76. The number of ketones is 1. The van der Waals surface area contributed by atoms with Gasteiger partial charge >= 0.3 is 5.97 Å². The highest BCUT2D eigenvalue weighted by Crippen LogP contribution is 2.27. The third-order valence-electron chi connectivity index (χ3n) is 3.17. The molecule has 0 spiro atoms. The number of H-pyrrole nitrogens is 1. The van der Waals surface area contributed by atoms with Gasteiger partial charge in [0.15, 0.2) is 5.78 Å². The van der Waals surface area contributed by atoms with Crippen LogP contribution in [0, 0.1) is 0 Å². The topological polar surface area (TPSA) is 59.2 Å². The fourth-order valence-electron chi connectivity index (χ4n) is 2.39. The second-order valence-corrected chi connectivity index (χ2v) is 4.50. The van der Waals surface area contributed by atoms with Gasteiger partial charge in [-0.1, -0.05) is 25.5 Å². The van der Waals surface area contributed by atoms with Crippen molar-refractivity contribution < 1.29 is 14.3 Å². The van der Waals surface area contributed by atoms with E-state index in [-0.39, 0.29) is 5.78 Å². The number of para-hydroxylation sites is 1. The third kappa shape index (κ3) is 2.26. The minimum atomic E-state index is -0.398. The van der Waals surface area contributed by atoms with Crippen molar-refractivity contribution >= 4 is 22.7 Å². The van der Waals surface area contributed by atoms with Crippen molar-refractivity contribution in [2.24, 2.45) is 0 Å². The summed E-state index contributed by atoms with van der Waals surface area (Å²) >= 11 is 0. The van der Waals surface area contributed by atoms with Crippen molar-refractivity contribution in [1.29, 1.82) is 0 Å². The number of aromatic amines is 1. The van der Waals surface area contributed by atoms with Gasteiger partial charge in [-0.25, -0.2) is 4.79 Å². The van der Waals surface area contributed by atoms with Gasteiger partial charge in [-0.2, -0.15) is 0 Å². The molecule has 0 aliphatic heterocycles. The second-order valence-electron chi connectivity index (χ2n) is 4.50. The van der Waals surface area contributed by atoms with Crippen LogP contribution in [0.25, 0.3) is 10.9 Å². The number of rotatable bonds is 4. The zero-order valence-corrected chi connectivity index (χ0v) is 11.4. The van der Waals surface area contributed by atoms with Gasteiger partial charge in [0.05, 0.1) is 18.2 Å². The number of hydrogen-bond donors (Lipinski definition) is 1. The molecule has 4 nitrogen and oxygen atoms in total. The zero-order chi connectivity index (χ0) is 14.0. The Labute approximate surface area is 111 Å². The quantitative estimate of drug-likeness (QED) is 0.678. The molecular weight excluding hydrogens is 242 g/mol. The molecule has 1 aromatic heterocycles. The molecule has 0 saturated carbocycles. The molecule has 2 aromatic rings. The zero-order valence-electron chi connectivity index (χ0n) is 11.4. The van der Waals surface area contributed by atoms with Crippen molar-refractivity contribution in [3.8, 4) is 0 Å². The predicted octanol–water partition coefficient (Wildman–Crippen LogP) is 3.11. The monoisotopic (exact) mass is 259 g/mol. The van der Waals surface area contributed by atoms with Gasteiger partial charge in [-0.3, -0.25) is 4.79 Å². The maximum atomic E-state index is 11.8. The number of methoxy groups -OCH3 is 1. The summed E-state index contributed by atoms with van der Waals surface area (Å²) in [5, 5.41) is 0.791. The number of carbonyl (C=O) groups excluding carboxylic acids is 2. The second kappa shape index (κ2) is 5.26. The first-order valence-electron chi connectivity index (χ1n) is 6.33. The number of aromatic nitrogens is 1. The maximum Gasteiger partial charge on any atom is 0.339 e. The lowest BCUT2D eigenvalue weighted by molar-refractivity contribution is 0.0602. The lowest BCUT2D eigenvalue weighted by Gasteiger charge is -2.00. The Morgan fingerprint density at radius 1 is 1.32 bits per heavy atom. The number of benzene rings is 1. The van der Waals surface area contributed by atoms with Crippen molar-refractivity contribution in [3.05, 3.63) is 35.0 Å². The van der Waals surface area contributed by atoms with E-state index < -0.39 is 5.97 Å². The van der Waals surface area contributed by atoms with Gasteiger partial charge in [0.25, 0.3) is 0 Å². The van der Waals surface area contributed by atoms with Gasteiger partial charge in [-0.05, 0) is 19.4 Å². The van der Waals surface area contributed by atoms with Crippen LogP contribution in [0.1, 0.15) is 46.7 Å². The van der Waals surface area contributed by atoms with Crippen molar-refractivity contribution in [2.75, 3.05) is 7.11 Å². The first-order chi connectivity index (χ1) is 9.10. The summed E-state index contributed by atoms with van der Waals surface area (Å²) in [6.07, 6.45) is 1.71. The number of Topliss-reactive ketones (excluding diaryl/α,β-unsaturated/α-hetero) is 1. The molecule has 1 aromatic carbocycles. The molecule has 4 heteroatoms. The van der Waals surface area contributed by atoms with Gasteiger partial charge in [0.1, 0.15) is 0 Å². The Kier molecular flexibility index (Phi) is 3.69. The minimum Gasteiger partial charge on any atom is -0.465 e. The van der Waals surface area contributed by atoms with Crippen molar-refractivity contribution in [2.45, 2.75) is 26.7 Å². The molecule has 0 fully saturated rings. The highest BCUT2D eigenvalue weighted by molar-refractivity contribution is 6.12. The van der Waals surface area contributed by atoms with E-state index in [9.17, 15) is 9.59 Å². The smallest absolute Gasteiger partial charge is 0.339 e. The van der Waals surface area contributed by atoms with Crippen LogP contribution in [0.3, 0.4) is 0 Å². The van der Waals surface area contributed by atoms with E-state index >= 15 is 0 Å². The van der Waals surface area contributed by atoms with Gasteiger partial charge in [0.2, 0.25) is 0 Å². The number of hydrogen-bond acceptors (Lipinski definition) is 3. The van der Waals surface area contributed by atoms with E-state index in [1.54, 1.807) is 19.1 Å². The van der Waals surface area contributed by atoms with E-state index in [0.29, 0.717) is 16.6 Å². The van der Waals surface area contributed by atoms with E-state index in [2.05, 4.69) is 11.9 Å². The summed E-state index contributed by atoms with van der Waals surface area (Å²) in [6.45, 7) is 3.60. The molecule has 100 valence electrons. The van der Waals surface area contributed by atoms with Crippen LogP contribution < -0.4 is 0 Å². The normalized spacial score (nSPS) is 10.7. The molecule has 19 heavy (non-hydrogen) atoms. The molecule has 0 amide bonds. The first kappa shape index (κ1) is 13.3. The minimum absolute atomic E-state index is 0.0108. The molecule has 0 bridgehead atoms. The summed E-state index contributed by atoms with van der Waals surface area (Å²) in [7, 11) is 1.35. The lowest BCUT2D eigenvalue weighted by Crippen LogP contribution is -2.01. The van der Waals surface area contributed by atoms with Crippen molar-refractivity contribution in [1.82, 2.24) is 4.98 Å². The van der Waals surface area contributed by atoms with Crippen LogP contribution in [0.2, 0.25) is 0 Å². The molecule has 0 saturated heterocycles. The summed E-state index contributed by atoms with van der Waals surface area (Å²) in [6, 6.07) is 5.32. The highest BCUT2D eigenvalue weighted by atomic mass is 16.5. The molecule has 1 N–H and O–H groups in total. The highest BCUT2D eigenvalue weighted by Gasteiger charge is 2.19. The molecule has 0 unspecified atom stereocenters. The number of aryl methyl sites for hydroxylation is 1. The molecule has 2 rings (SSSR count). The van der Waals surface area contributed by atoms with E-state index in [1.165, 1.54) is 7.11 Å². The molecular formula is C15H17NO3.